The summed E-state index contributed by atoms with van der Waals surface area (Å²) in [5.41, 5.74) is 6.45. The van der Waals surface area contributed by atoms with Crippen LogP contribution in [0.25, 0.3) is 0 Å². The molecule has 1 aromatic rings. The maximum absolute atomic E-state index is 12.3. The molecule has 1 aliphatic rings. The van der Waals surface area contributed by atoms with Gasteiger partial charge < -0.3 is 10.5 Å². The number of alkyl halides is 3. The van der Waals surface area contributed by atoms with Crippen LogP contribution >= 0.6 is 12.4 Å². The fourth-order valence-electron chi connectivity index (χ4n) is 1.57. The molecule has 2 N–H and O–H groups in total. The van der Waals surface area contributed by atoms with E-state index in [0.29, 0.717) is 0 Å². The van der Waals surface area contributed by atoms with Crippen LogP contribution in [-0.4, -0.2) is 12.3 Å². The standard InChI is InChI=1S/C12H14F3NO.ClH/c1-8(12(13,14)15)17-10-4-2-3-9(7-10)11(16)5-6-11;/h2-4,7-8H,5-6,16H2,1H3;1H/t8-;/m1./s1. The normalized spacial score (nSPS) is 18.7. The van der Waals surface area contributed by atoms with Gasteiger partial charge in [-0.05, 0) is 37.5 Å². The topological polar surface area (TPSA) is 35.2 Å². The molecule has 0 bridgehead atoms. The van der Waals surface area contributed by atoms with E-state index in [0.717, 1.165) is 25.3 Å². The second kappa shape index (κ2) is 4.97. The van der Waals surface area contributed by atoms with Crippen molar-refractivity contribution in [2.45, 2.75) is 37.6 Å². The van der Waals surface area contributed by atoms with Gasteiger partial charge in [0, 0.05) is 5.54 Å². The van der Waals surface area contributed by atoms with Crippen molar-refractivity contribution in [3.8, 4) is 5.75 Å². The van der Waals surface area contributed by atoms with Crippen LogP contribution in [0.15, 0.2) is 24.3 Å². The van der Waals surface area contributed by atoms with Gasteiger partial charge in [-0.2, -0.15) is 13.2 Å². The summed E-state index contributed by atoms with van der Waals surface area (Å²) in [5.74, 6) is 0.212. The first-order valence-corrected chi connectivity index (χ1v) is 5.44. The predicted octanol–water partition coefficient (Wildman–Crippen LogP) is 3.39. The van der Waals surface area contributed by atoms with Gasteiger partial charge in [-0.25, -0.2) is 0 Å². The third-order valence-corrected chi connectivity index (χ3v) is 2.97. The van der Waals surface area contributed by atoms with Crippen LogP contribution in [0.3, 0.4) is 0 Å². The van der Waals surface area contributed by atoms with Crippen molar-refractivity contribution in [3.63, 3.8) is 0 Å². The minimum absolute atomic E-state index is 0. The first-order valence-electron chi connectivity index (χ1n) is 5.44. The Morgan fingerprint density at radius 3 is 2.44 bits per heavy atom. The highest BCUT2D eigenvalue weighted by atomic mass is 35.5. The molecule has 0 amide bonds. The lowest BCUT2D eigenvalue weighted by Crippen LogP contribution is -2.31. The van der Waals surface area contributed by atoms with Crippen LogP contribution in [0, 0.1) is 0 Å². The fraction of sp³-hybridized carbons (Fsp3) is 0.500. The third kappa shape index (κ3) is 3.29. The van der Waals surface area contributed by atoms with Crippen LogP contribution in [0.2, 0.25) is 0 Å². The van der Waals surface area contributed by atoms with Crippen molar-refractivity contribution in [2.75, 3.05) is 0 Å². The Kier molecular flexibility index (Phi) is 4.18. The Balaban J connectivity index is 0.00000162. The first kappa shape index (κ1) is 15.1. The quantitative estimate of drug-likeness (QED) is 0.922. The number of benzene rings is 1. The molecule has 1 atom stereocenters. The van der Waals surface area contributed by atoms with Gasteiger partial charge in [-0.1, -0.05) is 12.1 Å². The van der Waals surface area contributed by atoms with Gasteiger partial charge in [-0.3, -0.25) is 0 Å². The zero-order valence-electron chi connectivity index (χ0n) is 9.83. The van der Waals surface area contributed by atoms with E-state index < -0.39 is 12.3 Å². The molecule has 1 aliphatic carbocycles. The van der Waals surface area contributed by atoms with Crippen molar-refractivity contribution in [1.82, 2.24) is 0 Å². The van der Waals surface area contributed by atoms with E-state index in [1.165, 1.54) is 6.07 Å². The molecule has 102 valence electrons. The molecule has 2 nitrogen and oxygen atoms in total. The fourth-order valence-corrected chi connectivity index (χ4v) is 1.57. The highest BCUT2D eigenvalue weighted by Crippen LogP contribution is 2.43. The third-order valence-electron chi connectivity index (χ3n) is 2.97. The maximum Gasteiger partial charge on any atom is 0.425 e. The van der Waals surface area contributed by atoms with Crippen molar-refractivity contribution < 1.29 is 17.9 Å². The number of nitrogens with two attached hydrogens (primary N) is 1. The number of ether oxygens (including phenoxy) is 1. The van der Waals surface area contributed by atoms with Gasteiger partial charge in [0.1, 0.15) is 5.75 Å². The largest absolute Gasteiger partial charge is 0.481 e. The molecule has 0 unspecified atom stereocenters. The number of hydrogen-bond donors (Lipinski definition) is 1. The summed E-state index contributed by atoms with van der Waals surface area (Å²) in [6.45, 7) is 0.988. The van der Waals surface area contributed by atoms with Gasteiger partial charge in [0.2, 0.25) is 0 Å². The van der Waals surface area contributed by atoms with E-state index in [1.54, 1.807) is 12.1 Å². The summed E-state index contributed by atoms with van der Waals surface area (Å²) in [7, 11) is 0. The molecule has 1 aromatic carbocycles. The predicted molar refractivity (Wildman–Crippen MR) is 64.9 cm³/mol. The molecule has 0 spiro atoms. The molecule has 6 heteroatoms. The minimum Gasteiger partial charge on any atom is -0.481 e. The van der Waals surface area contributed by atoms with Crippen LogP contribution in [0.1, 0.15) is 25.3 Å². The van der Waals surface area contributed by atoms with E-state index in [4.69, 9.17) is 10.5 Å². The summed E-state index contributed by atoms with van der Waals surface area (Å²) in [4.78, 5) is 0. The van der Waals surface area contributed by atoms with E-state index in [2.05, 4.69) is 0 Å². The molecule has 0 radical (unpaired) electrons. The first-order chi connectivity index (χ1) is 7.81. The molecule has 18 heavy (non-hydrogen) atoms. The number of hydrogen-bond acceptors (Lipinski definition) is 2. The molecule has 0 aliphatic heterocycles. The molecule has 0 aromatic heterocycles. The zero-order chi connectivity index (χ0) is 12.7. The summed E-state index contributed by atoms with van der Waals surface area (Å²) < 4.78 is 41.9. The van der Waals surface area contributed by atoms with E-state index in [9.17, 15) is 13.2 Å². The van der Waals surface area contributed by atoms with Crippen LogP contribution in [0.4, 0.5) is 13.2 Å². The maximum atomic E-state index is 12.3. The van der Waals surface area contributed by atoms with E-state index in [-0.39, 0.29) is 23.7 Å². The molecule has 2 rings (SSSR count). The summed E-state index contributed by atoms with van der Waals surface area (Å²) in [6.07, 6.45) is -4.43. The Hall–Kier alpha value is -0.940. The minimum atomic E-state index is -4.35. The van der Waals surface area contributed by atoms with Crippen molar-refractivity contribution in [3.05, 3.63) is 29.8 Å². The molecular formula is C12H15ClF3NO. The van der Waals surface area contributed by atoms with Crippen LogP contribution in [-0.2, 0) is 5.54 Å². The molecule has 1 fully saturated rings. The summed E-state index contributed by atoms with van der Waals surface area (Å²) in [5, 5.41) is 0. The SMILES string of the molecule is C[C@@H](Oc1cccc(C2(N)CC2)c1)C(F)(F)F.Cl. The van der Waals surface area contributed by atoms with Gasteiger partial charge in [0.15, 0.2) is 6.10 Å². The summed E-state index contributed by atoms with van der Waals surface area (Å²) in [6, 6.07) is 6.59. The van der Waals surface area contributed by atoms with Crippen LogP contribution < -0.4 is 10.5 Å². The summed E-state index contributed by atoms with van der Waals surface area (Å²) >= 11 is 0. The average molecular weight is 282 g/mol. The Morgan fingerprint density at radius 2 is 1.94 bits per heavy atom. The zero-order valence-corrected chi connectivity index (χ0v) is 10.6. The highest BCUT2D eigenvalue weighted by Gasteiger charge is 2.41. The molecular weight excluding hydrogens is 267 g/mol. The Morgan fingerprint density at radius 1 is 1.33 bits per heavy atom. The van der Waals surface area contributed by atoms with Gasteiger partial charge in [0.25, 0.3) is 0 Å². The molecule has 0 saturated heterocycles. The smallest absolute Gasteiger partial charge is 0.425 e. The van der Waals surface area contributed by atoms with Crippen LogP contribution in [0.5, 0.6) is 5.75 Å². The Labute approximate surface area is 110 Å². The lowest BCUT2D eigenvalue weighted by atomic mass is 10.1. The van der Waals surface area contributed by atoms with Gasteiger partial charge >= 0.3 is 6.18 Å². The van der Waals surface area contributed by atoms with Gasteiger partial charge in [-0.15, -0.1) is 12.4 Å². The average Bonchev–Trinajstić information content (AvgIpc) is 2.97. The second-order valence-electron chi connectivity index (χ2n) is 4.49. The molecule has 1 saturated carbocycles. The monoisotopic (exact) mass is 281 g/mol. The highest BCUT2D eigenvalue weighted by molar-refractivity contribution is 5.85. The van der Waals surface area contributed by atoms with Crippen molar-refractivity contribution >= 4 is 12.4 Å². The lowest BCUT2D eigenvalue weighted by molar-refractivity contribution is -0.189. The van der Waals surface area contributed by atoms with Crippen molar-refractivity contribution in [2.24, 2.45) is 5.73 Å². The van der Waals surface area contributed by atoms with E-state index >= 15 is 0 Å². The van der Waals surface area contributed by atoms with Crippen molar-refractivity contribution in [1.29, 1.82) is 0 Å². The van der Waals surface area contributed by atoms with Gasteiger partial charge in [0.05, 0.1) is 0 Å². The second-order valence-corrected chi connectivity index (χ2v) is 4.49. The number of halogens is 4. The number of rotatable bonds is 3. The molecule has 0 heterocycles. The van der Waals surface area contributed by atoms with E-state index in [1.807, 2.05) is 6.07 Å². The Bertz CT molecular complexity index is 418. The lowest BCUT2D eigenvalue weighted by Gasteiger charge is -2.18.